The van der Waals surface area contributed by atoms with Gasteiger partial charge in [0.1, 0.15) is 12.4 Å². The molecule has 226 valence electrons. The van der Waals surface area contributed by atoms with Crippen LogP contribution in [-0.2, 0) is 20.5 Å². The number of pyridine rings is 1. The third-order valence-electron chi connectivity index (χ3n) is 8.40. The third kappa shape index (κ3) is 9.00. The van der Waals surface area contributed by atoms with Crippen LogP contribution in [0.5, 0.6) is 5.75 Å². The Balaban J connectivity index is 2.18. The largest absolute Gasteiger partial charge is 0.489 e. The van der Waals surface area contributed by atoms with Crippen molar-refractivity contribution in [3.8, 4) is 5.75 Å². The lowest BCUT2D eigenvalue weighted by Crippen LogP contribution is -2.46. The molecule has 0 amide bonds. The number of nitrogens with zero attached hydrogens (tertiary/aromatic N) is 1. The van der Waals surface area contributed by atoms with Gasteiger partial charge < -0.3 is 18.6 Å². The Kier molecular flexibility index (Phi) is 13.7. The van der Waals surface area contributed by atoms with E-state index in [1.165, 1.54) is 31.9 Å². The van der Waals surface area contributed by atoms with Crippen LogP contribution >= 0.6 is 0 Å². The normalized spacial score (nSPS) is 12.2. The molecule has 0 bridgehead atoms. The Labute approximate surface area is 247 Å². The monoisotopic (exact) mass is 583 g/mol. The zero-order valence-corrected chi connectivity index (χ0v) is 27.3. The topological polar surface area (TPSA) is 84.0 Å². The van der Waals surface area contributed by atoms with E-state index in [1.807, 2.05) is 6.20 Å². The lowest BCUT2D eigenvalue weighted by molar-refractivity contribution is 0.0397. The summed E-state index contributed by atoms with van der Waals surface area (Å²) in [5.41, 5.74) is 3.38. The van der Waals surface area contributed by atoms with Crippen LogP contribution in [0.3, 0.4) is 0 Å². The van der Waals surface area contributed by atoms with Gasteiger partial charge in [0.15, 0.2) is 8.32 Å². The number of carbonyl (C=O) groups excluding carboxylic acids is 2. The molecule has 0 aliphatic carbocycles. The fourth-order valence-corrected chi connectivity index (χ4v) is 8.53. The first-order valence-corrected chi connectivity index (χ1v) is 17.5. The molecule has 41 heavy (non-hydrogen) atoms. The lowest BCUT2D eigenvalue weighted by atomic mass is 9.91. The molecular weight excluding hydrogens is 534 g/mol. The maximum atomic E-state index is 12.2. The highest BCUT2D eigenvalue weighted by molar-refractivity contribution is 6.73. The van der Waals surface area contributed by atoms with Crippen molar-refractivity contribution in [1.29, 1.82) is 0 Å². The van der Waals surface area contributed by atoms with Gasteiger partial charge in [-0.1, -0.05) is 47.6 Å². The molecule has 1 heterocycles. The number of hydrogen-bond donors (Lipinski definition) is 0. The summed E-state index contributed by atoms with van der Waals surface area (Å²) < 4.78 is 22.6. The first-order valence-electron chi connectivity index (χ1n) is 15.0. The molecule has 0 fully saturated rings. The number of ether oxygens (including phenoxy) is 3. The summed E-state index contributed by atoms with van der Waals surface area (Å²) in [7, 11) is 0.825. The Morgan fingerprint density at radius 3 is 2.07 bits per heavy atom. The molecule has 8 heteroatoms. The minimum absolute atomic E-state index is 0.0655. The summed E-state index contributed by atoms with van der Waals surface area (Å²) in [5, 5.41) is 0. The summed E-state index contributed by atoms with van der Waals surface area (Å²) in [6.07, 6.45) is 10.9. The van der Waals surface area contributed by atoms with Gasteiger partial charge in [0.2, 0.25) is 0 Å². The maximum Gasteiger partial charge on any atom is 0.338 e. The number of esters is 2. The molecule has 0 atom stereocenters. The van der Waals surface area contributed by atoms with Crippen LogP contribution in [0.1, 0.15) is 105 Å². The Morgan fingerprint density at radius 2 is 1.51 bits per heavy atom. The second-order valence-electron chi connectivity index (χ2n) is 10.4. The number of hydrogen-bond acceptors (Lipinski definition) is 7. The highest BCUT2D eigenvalue weighted by Gasteiger charge is 2.38. The second kappa shape index (κ2) is 16.5. The second-order valence-corrected chi connectivity index (χ2v) is 15.1. The summed E-state index contributed by atoms with van der Waals surface area (Å²) in [5.74, 6) is -0.808. The molecule has 0 unspecified atom stereocenters. The van der Waals surface area contributed by atoms with Crippen LogP contribution in [0.25, 0.3) is 5.57 Å². The third-order valence-corrected chi connectivity index (χ3v) is 13.1. The SMILES string of the molecule is CC/C(=C\CCC(CC)(CC)O[Si](CC)(CC)CC)c1cncc(COc2ccc(C(=O)OC)c(C(=O)OC)c2)c1. The number of methoxy groups -OCH3 is 2. The van der Waals surface area contributed by atoms with Crippen molar-refractivity contribution in [2.75, 3.05) is 14.2 Å². The molecule has 0 aliphatic heterocycles. The van der Waals surface area contributed by atoms with Gasteiger partial charge in [0.05, 0.1) is 30.9 Å². The molecule has 1 aromatic heterocycles. The van der Waals surface area contributed by atoms with Gasteiger partial charge in [0.25, 0.3) is 0 Å². The van der Waals surface area contributed by atoms with E-state index in [-0.39, 0.29) is 23.3 Å². The van der Waals surface area contributed by atoms with E-state index in [4.69, 9.17) is 18.6 Å². The lowest BCUT2D eigenvalue weighted by Gasteiger charge is -2.42. The molecule has 2 aromatic rings. The molecule has 0 saturated heterocycles. The van der Waals surface area contributed by atoms with E-state index in [2.05, 4.69) is 58.7 Å². The first-order chi connectivity index (χ1) is 19.7. The van der Waals surface area contributed by atoms with E-state index in [9.17, 15) is 9.59 Å². The van der Waals surface area contributed by atoms with E-state index in [0.29, 0.717) is 5.75 Å². The number of carbonyl (C=O) groups is 2. The van der Waals surface area contributed by atoms with Gasteiger partial charge in [-0.15, -0.1) is 0 Å². The van der Waals surface area contributed by atoms with Crippen molar-refractivity contribution in [3.63, 3.8) is 0 Å². The van der Waals surface area contributed by atoms with Crippen LogP contribution < -0.4 is 4.74 Å². The van der Waals surface area contributed by atoms with Crippen LogP contribution in [0.4, 0.5) is 0 Å². The highest BCUT2D eigenvalue weighted by Crippen LogP contribution is 2.36. The smallest absolute Gasteiger partial charge is 0.338 e. The van der Waals surface area contributed by atoms with Crippen molar-refractivity contribution in [2.24, 2.45) is 0 Å². The standard InChI is InChI=1S/C33H49NO6Si/c1-9-26(16-15-19-33(10-2,11-3)40-41(12-4,13-5)14-6)27-20-25(22-34-23-27)24-39-28-17-18-29(31(35)37-7)30(21-28)32(36)38-8/h16-18,20-23H,9-15,19,24H2,1-8H3/b26-16+. The maximum absolute atomic E-state index is 12.2. The predicted octanol–water partition coefficient (Wildman–Crippen LogP) is 8.39. The Hall–Kier alpha value is -2.97. The van der Waals surface area contributed by atoms with Crippen LogP contribution in [0.2, 0.25) is 18.1 Å². The van der Waals surface area contributed by atoms with Crippen molar-refractivity contribution >= 4 is 25.8 Å². The fraction of sp³-hybridized carbons (Fsp3) is 0.545. The van der Waals surface area contributed by atoms with Crippen LogP contribution in [0.15, 0.2) is 42.7 Å². The predicted molar refractivity (Wildman–Crippen MR) is 167 cm³/mol. The number of aromatic nitrogens is 1. The van der Waals surface area contributed by atoms with Crippen molar-refractivity contribution in [2.45, 2.75) is 104 Å². The quantitative estimate of drug-likeness (QED) is 0.137. The molecule has 0 radical (unpaired) electrons. The Bertz CT molecular complexity index is 1160. The van der Waals surface area contributed by atoms with E-state index >= 15 is 0 Å². The van der Waals surface area contributed by atoms with Crippen molar-refractivity contribution in [1.82, 2.24) is 4.98 Å². The first kappa shape index (κ1) is 34.2. The number of rotatable bonds is 17. The average Bonchev–Trinajstić information content (AvgIpc) is 3.03. The molecule has 7 nitrogen and oxygen atoms in total. The van der Waals surface area contributed by atoms with Gasteiger partial charge in [-0.2, -0.15) is 0 Å². The molecule has 0 aliphatic rings. The molecule has 0 saturated carbocycles. The Morgan fingerprint density at radius 1 is 0.878 bits per heavy atom. The number of allylic oxidation sites excluding steroid dienone is 2. The minimum atomic E-state index is -1.71. The molecular formula is C33H49NO6Si. The summed E-state index contributed by atoms with van der Waals surface area (Å²) in [4.78, 5) is 28.7. The van der Waals surface area contributed by atoms with E-state index in [1.54, 1.807) is 12.3 Å². The zero-order valence-electron chi connectivity index (χ0n) is 26.3. The molecule has 2 rings (SSSR count). The number of benzene rings is 1. The molecule has 0 spiro atoms. The van der Waals surface area contributed by atoms with Crippen molar-refractivity contribution in [3.05, 3.63) is 65.0 Å². The minimum Gasteiger partial charge on any atom is -0.489 e. The summed E-state index contributed by atoms with van der Waals surface area (Å²) in [6, 6.07) is 10.2. The van der Waals surface area contributed by atoms with E-state index < -0.39 is 20.3 Å². The van der Waals surface area contributed by atoms with Gasteiger partial charge in [-0.05, 0) is 85.6 Å². The van der Waals surface area contributed by atoms with E-state index in [0.717, 1.165) is 61.4 Å². The molecule has 1 aromatic carbocycles. The van der Waals surface area contributed by atoms with Crippen LogP contribution in [0, 0.1) is 0 Å². The summed E-state index contributed by atoms with van der Waals surface area (Å²) >= 11 is 0. The fourth-order valence-electron chi connectivity index (χ4n) is 5.29. The summed E-state index contributed by atoms with van der Waals surface area (Å²) in [6.45, 7) is 13.8. The van der Waals surface area contributed by atoms with Gasteiger partial charge in [-0.3, -0.25) is 4.98 Å². The highest BCUT2D eigenvalue weighted by atomic mass is 28.4. The molecule has 0 N–H and O–H groups in total. The van der Waals surface area contributed by atoms with Gasteiger partial charge in [0, 0.05) is 18.0 Å². The average molecular weight is 584 g/mol. The zero-order chi connectivity index (χ0) is 30.5. The van der Waals surface area contributed by atoms with Gasteiger partial charge in [-0.25, -0.2) is 9.59 Å². The van der Waals surface area contributed by atoms with Gasteiger partial charge >= 0.3 is 11.9 Å². The van der Waals surface area contributed by atoms with Crippen molar-refractivity contribution < 1.29 is 28.2 Å². The van der Waals surface area contributed by atoms with Crippen LogP contribution in [-0.4, -0.2) is 45.1 Å².